The molecule has 258 valence electrons. The molecule has 7 aromatic carbocycles. The van der Waals surface area contributed by atoms with Gasteiger partial charge in [-0.3, -0.25) is 0 Å². The monoisotopic (exact) mass is 739 g/mol. The molecule has 0 atom stereocenters. The number of allylic oxidation sites excluding steroid dienone is 1. The van der Waals surface area contributed by atoms with Gasteiger partial charge in [-0.15, -0.1) is 22.7 Å². The molecule has 1 aliphatic rings. The molecule has 0 fully saturated rings. The minimum absolute atomic E-state index is 0.618. The third kappa shape index (κ3) is 4.78. The average Bonchev–Trinajstić information content (AvgIpc) is 3.95. The minimum atomic E-state index is 0.618. The summed E-state index contributed by atoms with van der Waals surface area (Å²) in [6.45, 7) is 0. The van der Waals surface area contributed by atoms with Gasteiger partial charge in [0.15, 0.2) is 17.5 Å². The highest BCUT2D eigenvalue weighted by molar-refractivity contribution is 7.26. The van der Waals surface area contributed by atoms with Crippen molar-refractivity contribution in [3.63, 3.8) is 0 Å². The van der Waals surface area contributed by atoms with Crippen LogP contribution in [0.5, 0.6) is 0 Å². The fraction of sp³-hybridized carbons (Fsp3) is 0.0408. The Morgan fingerprint density at radius 2 is 1.07 bits per heavy atom. The van der Waals surface area contributed by atoms with Gasteiger partial charge >= 0.3 is 0 Å². The Morgan fingerprint density at radius 1 is 0.473 bits per heavy atom. The van der Waals surface area contributed by atoms with Crippen molar-refractivity contribution in [1.29, 1.82) is 0 Å². The van der Waals surface area contributed by atoms with E-state index in [0.717, 1.165) is 62.6 Å². The first-order valence-electron chi connectivity index (χ1n) is 18.6. The minimum Gasteiger partial charge on any atom is -0.455 e. The third-order valence-corrected chi connectivity index (χ3v) is 13.3. The molecule has 0 aliphatic heterocycles. The predicted molar refractivity (Wildman–Crippen MR) is 232 cm³/mol. The molecule has 0 saturated heterocycles. The van der Waals surface area contributed by atoms with E-state index in [0.29, 0.717) is 17.5 Å². The van der Waals surface area contributed by atoms with Gasteiger partial charge in [-0.25, -0.2) is 15.0 Å². The second-order valence-corrected chi connectivity index (χ2v) is 16.3. The molecule has 0 unspecified atom stereocenters. The molecule has 4 nitrogen and oxygen atoms in total. The van der Waals surface area contributed by atoms with Gasteiger partial charge < -0.3 is 4.42 Å². The molecular formula is C49H29N3OS2. The summed E-state index contributed by atoms with van der Waals surface area (Å²) in [5.74, 6) is 1.92. The third-order valence-electron chi connectivity index (χ3n) is 11.0. The van der Waals surface area contributed by atoms with Crippen molar-refractivity contribution in [3.05, 3.63) is 157 Å². The molecule has 11 aromatic rings. The topological polar surface area (TPSA) is 51.8 Å². The van der Waals surface area contributed by atoms with Crippen LogP contribution in [-0.2, 0) is 6.42 Å². The first kappa shape index (κ1) is 30.9. The van der Waals surface area contributed by atoms with Gasteiger partial charge in [0, 0.05) is 73.4 Å². The second-order valence-electron chi connectivity index (χ2n) is 14.2. The maximum atomic E-state index is 6.85. The average molecular weight is 740 g/mol. The van der Waals surface area contributed by atoms with E-state index < -0.39 is 0 Å². The zero-order valence-corrected chi connectivity index (χ0v) is 31.0. The summed E-state index contributed by atoms with van der Waals surface area (Å²) in [4.78, 5) is 16.0. The Hall–Kier alpha value is -6.47. The van der Waals surface area contributed by atoms with Crippen LogP contribution >= 0.6 is 22.7 Å². The summed E-state index contributed by atoms with van der Waals surface area (Å²) in [7, 11) is 0. The molecule has 0 bridgehead atoms. The molecule has 12 rings (SSSR count). The van der Waals surface area contributed by atoms with E-state index in [-0.39, 0.29) is 0 Å². The number of fused-ring (bicyclic) bond motifs is 10. The fourth-order valence-corrected chi connectivity index (χ4v) is 10.8. The lowest BCUT2D eigenvalue weighted by molar-refractivity contribution is 0.670. The summed E-state index contributed by atoms with van der Waals surface area (Å²) >= 11 is 3.63. The van der Waals surface area contributed by atoms with Crippen molar-refractivity contribution >= 4 is 91.0 Å². The second kappa shape index (κ2) is 12.0. The van der Waals surface area contributed by atoms with Crippen molar-refractivity contribution in [3.8, 4) is 45.3 Å². The van der Waals surface area contributed by atoms with Crippen molar-refractivity contribution < 1.29 is 4.42 Å². The zero-order valence-electron chi connectivity index (χ0n) is 29.4. The predicted octanol–water partition coefficient (Wildman–Crippen LogP) is 14.1. The number of nitrogens with zero attached hydrogens (tertiary/aromatic N) is 3. The summed E-state index contributed by atoms with van der Waals surface area (Å²) in [6, 6.07) is 49.6. The Bertz CT molecular complexity index is 3400. The number of hydrogen-bond donors (Lipinski definition) is 0. The van der Waals surface area contributed by atoms with Crippen LogP contribution in [0, 0.1) is 0 Å². The first-order chi connectivity index (χ1) is 27.2. The standard InChI is InChI=1S/C49H29N3OS2/c1-2-12-29-27-30(24-23-28(29)11-1)47-50-48(36-17-10-22-42-44(36)35-15-5-8-20-40(35)55-42)52-49(51-47)37-26-25-32(46-45(37)33-13-3-6-18-38(33)53-46)31-16-9-21-41-43(31)34-14-4-7-19-39(34)54-41/h2-10,12-27H,1,11H2. The Labute approximate surface area is 323 Å². The van der Waals surface area contributed by atoms with Crippen molar-refractivity contribution in [2.75, 3.05) is 0 Å². The molecular weight excluding hydrogens is 711 g/mol. The van der Waals surface area contributed by atoms with Gasteiger partial charge in [0.25, 0.3) is 0 Å². The molecule has 0 radical (unpaired) electrons. The number of rotatable bonds is 4. The summed E-state index contributed by atoms with van der Waals surface area (Å²) in [5.41, 5.74) is 9.32. The Morgan fingerprint density at radius 3 is 1.84 bits per heavy atom. The lowest BCUT2D eigenvalue weighted by atomic mass is 9.94. The van der Waals surface area contributed by atoms with E-state index in [4.69, 9.17) is 19.4 Å². The number of para-hydroxylation sites is 1. The molecule has 0 spiro atoms. The van der Waals surface area contributed by atoms with Crippen LogP contribution in [0.15, 0.2) is 150 Å². The van der Waals surface area contributed by atoms with Gasteiger partial charge in [0.2, 0.25) is 0 Å². The lowest BCUT2D eigenvalue weighted by Gasteiger charge is -2.14. The summed E-state index contributed by atoms with van der Waals surface area (Å²) in [5, 5.41) is 6.92. The van der Waals surface area contributed by atoms with Crippen LogP contribution in [0.25, 0.3) is 114 Å². The highest BCUT2D eigenvalue weighted by atomic mass is 32.1. The van der Waals surface area contributed by atoms with Crippen LogP contribution < -0.4 is 0 Å². The molecule has 4 heterocycles. The van der Waals surface area contributed by atoms with Crippen LogP contribution in [0.1, 0.15) is 17.5 Å². The largest absolute Gasteiger partial charge is 0.455 e. The molecule has 1 aliphatic carbocycles. The molecule has 55 heavy (non-hydrogen) atoms. The number of benzene rings is 7. The molecule has 6 heteroatoms. The lowest BCUT2D eigenvalue weighted by Crippen LogP contribution is -2.02. The van der Waals surface area contributed by atoms with Crippen LogP contribution in [-0.4, -0.2) is 15.0 Å². The van der Waals surface area contributed by atoms with Crippen molar-refractivity contribution in [2.24, 2.45) is 0 Å². The van der Waals surface area contributed by atoms with E-state index in [1.54, 1.807) is 11.3 Å². The SMILES string of the molecule is C1=Cc2cc(-c3nc(-c4cccc5sc6ccccc6c45)nc(-c4ccc(-c5cccc6sc7ccccc7c56)c5oc6ccccc6c45)n3)ccc2CC1. The summed E-state index contributed by atoms with van der Waals surface area (Å²) < 4.78 is 11.8. The van der Waals surface area contributed by atoms with Gasteiger partial charge in [-0.1, -0.05) is 103 Å². The normalized spacial score (nSPS) is 12.9. The van der Waals surface area contributed by atoms with E-state index >= 15 is 0 Å². The quantitative estimate of drug-likeness (QED) is 0.180. The van der Waals surface area contributed by atoms with Gasteiger partial charge in [-0.2, -0.15) is 0 Å². The van der Waals surface area contributed by atoms with Crippen LogP contribution in [0.3, 0.4) is 0 Å². The number of hydrogen-bond acceptors (Lipinski definition) is 6. The number of furan rings is 1. The Balaban J connectivity index is 1.15. The van der Waals surface area contributed by atoms with E-state index in [1.165, 1.54) is 51.5 Å². The highest BCUT2D eigenvalue weighted by Crippen LogP contribution is 2.46. The number of thiophene rings is 2. The van der Waals surface area contributed by atoms with Gasteiger partial charge in [0.05, 0.1) is 0 Å². The van der Waals surface area contributed by atoms with Crippen molar-refractivity contribution in [1.82, 2.24) is 15.0 Å². The van der Waals surface area contributed by atoms with Gasteiger partial charge in [0.1, 0.15) is 11.2 Å². The number of aromatic nitrogens is 3. The fourth-order valence-electron chi connectivity index (χ4n) is 8.50. The van der Waals surface area contributed by atoms with E-state index in [1.807, 2.05) is 17.4 Å². The highest BCUT2D eigenvalue weighted by Gasteiger charge is 2.23. The molecule has 0 N–H and O–H groups in total. The van der Waals surface area contributed by atoms with Crippen molar-refractivity contribution in [2.45, 2.75) is 12.8 Å². The maximum absolute atomic E-state index is 6.85. The van der Waals surface area contributed by atoms with E-state index in [9.17, 15) is 0 Å². The maximum Gasteiger partial charge on any atom is 0.164 e. The Kier molecular flexibility index (Phi) is 6.76. The van der Waals surface area contributed by atoms with Crippen LogP contribution in [0.4, 0.5) is 0 Å². The first-order valence-corrected chi connectivity index (χ1v) is 20.2. The molecule has 0 amide bonds. The molecule has 0 saturated carbocycles. The summed E-state index contributed by atoms with van der Waals surface area (Å²) in [6.07, 6.45) is 6.58. The van der Waals surface area contributed by atoms with Gasteiger partial charge in [-0.05, 0) is 78.1 Å². The smallest absolute Gasteiger partial charge is 0.164 e. The number of aryl methyl sites for hydroxylation is 1. The zero-order chi connectivity index (χ0) is 36.0. The van der Waals surface area contributed by atoms with Crippen LogP contribution in [0.2, 0.25) is 0 Å². The van der Waals surface area contributed by atoms with E-state index in [2.05, 4.69) is 146 Å². The molecule has 4 aromatic heterocycles.